The van der Waals surface area contributed by atoms with Gasteiger partial charge in [-0.25, -0.2) is 26.3 Å². The van der Waals surface area contributed by atoms with Crippen molar-refractivity contribution < 1.29 is 62.2 Å². The van der Waals surface area contributed by atoms with Crippen molar-refractivity contribution in [3.63, 3.8) is 0 Å². The molecule has 51 heavy (non-hydrogen) atoms. The topological polar surface area (TPSA) is 18.5 Å². The maximum atomic E-state index is 15.4. The molecule has 0 aliphatic carbocycles. The lowest BCUT2D eigenvalue weighted by Gasteiger charge is -2.21. The molecule has 0 bridgehead atoms. The second-order valence-electron chi connectivity index (χ2n) is 11.1. The average Bonchev–Trinajstić information content (AvgIpc) is 3.02. The van der Waals surface area contributed by atoms with Crippen LogP contribution in [0.25, 0.3) is 33.4 Å². The van der Waals surface area contributed by atoms with Gasteiger partial charge >= 0.3 is 18.6 Å². The lowest BCUT2D eigenvalue weighted by atomic mass is 9.96. The summed E-state index contributed by atoms with van der Waals surface area (Å²) in [5.41, 5.74) is -1.22. The van der Waals surface area contributed by atoms with Gasteiger partial charge in [0.1, 0.15) is 34.6 Å². The van der Waals surface area contributed by atoms with Crippen molar-refractivity contribution in [2.75, 3.05) is 0 Å². The number of alkyl halides is 6. The van der Waals surface area contributed by atoms with E-state index in [0.717, 1.165) is 36.1 Å². The van der Waals surface area contributed by atoms with E-state index in [1.165, 1.54) is 12.1 Å². The van der Waals surface area contributed by atoms with E-state index in [-0.39, 0.29) is 35.4 Å². The maximum absolute atomic E-state index is 15.4. The minimum absolute atomic E-state index is 0.0603. The highest BCUT2D eigenvalue weighted by Gasteiger charge is 2.46. The molecule has 0 aromatic heterocycles. The first-order valence-corrected chi connectivity index (χ1v) is 15.1. The van der Waals surface area contributed by atoms with E-state index in [2.05, 4.69) is 9.47 Å². The predicted octanol–water partition coefficient (Wildman–Crippen LogP) is 12.5. The van der Waals surface area contributed by atoms with Crippen LogP contribution in [0, 0.1) is 34.9 Å². The molecular weight excluding hydrogens is 728 g/mol. The van der Waals surface area contributed by atoms with Crippen LogP contribution in [0.15, 0.2) is 78.9 Å². The number of hydrogen-bond donors (Lipinski definition) is 0. The molecule has 15 heteroatoms. The summed E-state index contributed by atoms with van der Waals surface area (Å²) in [4.78, 5) is 0. The summed E-state index contributed by atoms with van der Waals surface area (Å²) in [5.74, 6) is -14.0. The van der Waals surface area contributed by atoms with Crippen molar-refractivity contribution in [2.45, 2.75) is 38.4 Å². The molecule has 0 aliphatic heterocycles. The second kappa shape index (κ2) is 14.4. The molecule has 0 saturated carbocycles. The minimum Gasteiger partial charge on any atom is -0.429 e. The van der Waals surface area contributed by atoms with Crippen molar-refractivity contribution >= 4 is 11.6 Å². The molecule has 5 aromatic carbocycles. The molecule has 5 aromatic rings. The first-order valence-electron chi connectivity index (χ1n) is 14.7. The van der Waals surface area contributed by atoms with Gasteiger partial charge in [-0.2, -0.15) is 26.3 Å². The Labute approximate surface area is 286 Å². The first kappa shape index (κ1) is 37.4. The fourth-order valence-electron chi connectivity index (χ4n) is 5.15. The Bertz CT molecular complexity index is 2020. The molecule has 0 heterocycles. The normalized spacial score (nSPS) is 12.1. The van der Waals surface area contributed by atoms with Crippen LogP contribution in [0.2, 0.25) is 5.02 Å². The summed E-state index contributed by atoms with van der Waals surface area (Å²) >= 11 is 6.23. The zero-order valence-corrected chi connectivity index (χ0v) is 26.5. The molecule has 0 aliphatic rings. The SMILES string of the molecule is CCCc1ccc(-c2ccc(-c3cc(F)c(-c4cc(F)c(C(F)(F)Oc5cc(F)c(OC(F)(F)C(F)F)c(F)c5)c(F)c4)c(Cl)c3)c(F)c2)cc1. The number of halogens is 13. The van der Waals surface area contributed by atoms with Crippen molar-refractivity contribution in [2.24, 2.45) is 0 Å². The van der Waals surface area contributed by atoms with Gasteiger partial charge in [-0.05, 0) is 64.6 Å². The molecule has 2 nitrogen and oxygen atoms in total. The Kier molecular flexibility index (Phi) is 10.6. The van der Waals surface area contributed by atoms with Crippen LogP contribution in [0.4, 0.5) is 52.7 Å². The number of aryl methyl sites for hydroxylation is 1. The standard InChI is InChI=1S/C36H21ClF12O2/c1-2-3-17-4-6-18(7-5-17)19-8-9-23(25(38)11-19)20-10-24(37)31(26(39)12-20)21-13-27(40)32(28(41)14-21)35(46,47)50-22-15-29(42)33(30(43)16-22)51-36(48,49)34(44)45/h4-16,34H,2-3H2,1H3. The Morgan fingerprint density at radius 1 is 0.608 bits per heavy atom. The molecule has 0 amide bonds. The van der Waals surface area contributed by atoms with E-state index < -0.39 is 86.8 Å². The zero-order chi connectivity index (χ0) is 37.4. The summed E-state index contributed by atoms with van der Waals surface area (Å²) in [6.07, 6.45) is -13.1. The summed E-state index contributed by atoms with van der Waals surface area (Å²) < 4.78 is 177. The lowest BCUT2D eigenvalue weighted by Crippen LogP contribution is -2.34. The third kappa shape index (κ3) is 7.90. The number of benzene rings is 5. The summed E-state index contributed by atoms with van der Waals surface area (Å²) in [7, 11) is 0. The molecule has 0 fully saturated rings. The number of ether oxygens (including phenoxy) is 2. The van der Waals surface area contributed by atoms with Crippen LogP contribution in [-0.4, -0.2) is 12.5 Å². The van der Waals surface area contributed by atoms with Crippen LogP contribution in [0.5, 0.6) is 11.5 Å². The number of rotatable bonds is 11. The smallest absolute Gasteiger partial charge is 0.429 e. The Balaban J connectivity index is 1.41. The summed E-state index contributed by atoms with van der Waals surface area (Å²) in [6.45, 7) is 2.04. The maximum Gasteiger partial charge on any atom is 0.461 e. The van der Waals surface area contributed by atoms with Crippen LogP contribution in [0.1, 0.15) is 24.5 Å². The van der Waals surface area contributed by atoms with E-state index in [9.17, 15) is 35.1 Å². The van der Waals surface area contributed by atoms with E-state index >= 15 is 17.6 Å². The fourth-order valence-corrected chi connectivity index (χ4v) is 5.47. The summed E-state index contributed by atoms with van der Waals surface area (Å²) in [6, 6.07) is 13.7. The van der Waals surface area contributed by atoms with Gasteiger partial charge in [0.25, 0.3) is 0 Å². The van der Waals surface area contributed by atoms with Gasteiger partial charge in [0.2, 0.25) is 0 Å². The predicted molar refractivity (Wildman–Crippen MR) is 164 cm³/mol. The molecule has 0 spiro atoms. The van der Waals surface area contributed by atoms with Gasteiger partial charge in [0, 0.05) is 23.3 Å². The van der Waals surface area contributed by atoms with Gasteiger partial charge < -0.3 is 9.47 Å². The van der Waals surface area contributed by atoms with Gasteiger partial charge in [-0.15, -0.1) is 0 Å². The van der Waals surface area contributed by atoms with Gasteiger partial charge in [-0.1, -0.05) is 61.3 Å². The summed E-state index contributed by atoms with van der Waals surface area (Å²) in [5, 5.41) is -0.486. The highest BCUT2D eigenvalue weighted by Crippen LogP contribution is 2.42. The third-order valence-electron chi connectivity index (χ3n) is 7.48. The monoisotopic (exact) mass is 748 g/mol. The van der Waals surface area contributed by atoms with Crippen molar-refractivity contribution in [3.8, 4) is 44.9 Å². The Morgan fingerprint density at radius 3 is 1.69 bits per heavy atom. The second-order valence-corrected chi connectivity index (χ2v) is 11.5. The highest BCUT2D eigenvalue weighted by molar-refractivity contribution is 6.33. The van der Waals surface area contributed by atoms with E-state index in [1.807, 2.05) is 31.2 Å². The van der Waals surface area contributed by atoms with Gasteiger partial charge in [0.05, 0.1) is 5.02 Å². The van der Waals surface area contributed by atoms with Crippen LogP contribution < -0.4 is 9.47 Å². The number of hydrogen-bond acceptors (Lipinski definition) is 2. The molecule has 0 radical (unpaired) electrons. The minimum atomic E-state index is -5.37. The highest BCUT2D eigenvalue weighted by atomic mass is 35.5. The average molecular weight is 749 g/mol. The van der Waals surface area contributed by atoms with Gasteiger partial charge in [-0.3, -0.25) is 0 Å². The lowest BCUT2D eigenvalue weighted by molar-refractivity contribution is -0.255. The van der Waals surface area contributed by atoms with Crippen molar-refractivity contribution in [1.82, 2.24) is 0 Å². The molecule has 0 atom stereocenters. The quantitative estimate of drug-likeness (QED) is 0.125. The molecule has 0 saturated heterocycles. The van der Waals surface area contributed by atoms with Gasteiger partial charge in [0.15, 0.2) is 17.4 Å². The molecule has 0 N–H and O–H groups in total. The van der Waals surface area contributed by atoms with E-state index in [4.69, 9.17) is 11.6 Å². The van der Waals surface area contributed by atoms with E-state index in [0.29, 0.717) is 5.56 Å². The van der Waals surface area contributed by atoms with Crippen LogP contribution in [-0.2, 0) is 12.5 Å². The van der Waals surface area contributed by atoms with Crippen LogP contribution in [0.3, 0.4) is 0 Å². The molecule has 268 valence electrons. The molecule has 0 unspecified atom stereocenters. The molecule has 5 rings (SSSR count). The zero-order valence-electron chi connectivity index (χ0n) is 25.7. The van der Waals surface area contributed by atoms with Crippen LogP contribution >= 0.6 is 11.6 Å². The largest absolute Gasteiger partial charge is 0.461 e. The third-order valence-corrected chi connectivity index (χ3v) is 7.78. The fraction of sp³-hybridized carbons (Fsp3) is 0.167. The molecular formula is C36H21ClF12O2. The van der Waals surface area contributed by atoms with Crippen molar-refractivity contribution in [1.29, 1.82) is 0 Å². The Morgan fingerprint density at radius 2 is 1.16 bits per heavy atom. The van der Waals surface area contributed by atoms with E-state index in [1.54, 1.807) is 6.07 Å². The Hall–Kier alpha value is -4.85. The van der Waals surface area contributed by atoms with Crippen molar-refractivity contribution in [3.05, 3.63) is 130 Å². The first-order chi connectivity index (χ1) is 23.9.